The average molecular weight is 215 g/mol. The number of nitrogens with one attached hydrogen (secondary N) is 1. The number of aliphatic hydroxyl groups excluding tert-OH is 1. The van der Waals surface area contributed by atoms with Gasteiger partial charge in [0.2, 0.25) is 5.91 Å². The molecule has 3 heteroatoms. The number of carbonyl (C=O) groups excluding carboxylic acids is 1. The number of unbranched alkanes of at least 4 members (excludes halogenated alkanes) is 2. The molecule has 0 aliphatic heterocycles. The Morgan fingerprint density at radius 3 is 2.53 bits per heavy atom. The van der Waals surface area contributed by atoms with Gasteiger partial charge in [0, 0.05) is 13.0 Å². The Labute approximate surface area is 93.3 Å². The van der Waals surface area contributed by atoms with Gasteiger partial charge in [-0.2, -0.15) is 0 Å². The fourth-order valence-electron chi connectivity index (χ4n) is 1.32. The highest BCUT2D eigenvalue weighted by molar-refractivity contribution is 5.75. The van der Waals surface area contributed by atoms with Gasteiger partial charge in [0.15, 0.2) is 0 Å². The highest BCUT2D eigenvalue weighted by Gasteiger charge is 2.09. The Balaban J connectivity index is 3.38. The second-order valence-corrected chi connectivity index (χ2v) is 4.41. The highest BCUT2D eigenvalue weighted by atomic mass is 16.3. The summed E-state index contributed by atoms with van der Waals surface area (Å²) in [5.74, 6) is 0.376. The molecule has 0 heterocycles. The first-order valence-corrected chi connectivity index (χ1v) is 6.02. The Morgan fingerprint density at radius 1 is 1.33 bits per heavy atom. The molecule has 90 valence electrons. The minimum atomic E-state index is -0.305. The van der Waals surface area contributed by atoms with Gasteiger partial charge in [-0.15, -0.1) is 0 Å². The summed E-state index contributed by atoms with van der Waals surface area (Å²) in [5.41, 5.74) is 0. The monoisotopic (exact) mass is 215 g/mol. The van der Waals surface area contributed by atoms with E-state index in [2.05, 4.69) is 12.2 Å². The molecular weight excluding hydrogens is 190 g/mol. The zero-order chi connectivity index (χ0) is 11.7. The molecule has 3 nitrogen and oxygen atoms in total. The van der Waals surface area contributed by atoms with Crippen molar-refractivity contribution in [1.29, 1.82) is 0 Å². The summed E-state index contributed by atoms with van der Waals surface area (Å²) in [4.78, 5) is 11.3. The van der Waals surface area contributed by atoms with Crippen LogP contribution in [0, 0.1) is 5.92 Å². The Kier molecular flexibility index (Phi) is 8.38. The quantitative estimate of drug-likeness (QED) is 0.609. The predicted molar refractivity (Wildman–Crippen MR) is 62.6 cm³/mol. The van der Waals surface area contributed by atoms with Crippen molar-refractivity contribution in [2.24, 2.45) is 5.92 Å². The predicted octanol–water partition coefficient (Wildman–Crippen LogP) is 2.09. The summed E-state index contributed by atoms with van der Waals surface area (Å²) in [6, 6.07) is 0. The second kappa shape index (κ2) is 8.72. The van der Waals surface area contributed by atoms with Crippen molar-refractivity contribution in [1.82, 2.24) is 5.32 Å². The number of carbonyl (C=O) groups is 1. The lowest BCUT2D eigenvalue weighted by Crippen LogP contribution is -2.28. The van der Waals surface area contributed by atoms with Crippen molar-refractivity contribution in [3.8, 4) is 0 Å². The van der Waals surface area contributed by atoms with Gasteiger partial charge in [0.1, 0.15) is 0 Å². The van der Waals surface area contributed by atoms with Gasteiger partial charge in [-0.25, -0.2) is 0 Å². The fourth-order valence-corrected chi connectivity index (χ4v) is 1.32. The van der Waals surface area contributed by atoms with E-state index in [1.165, 1.54) is 0 Å². The maximum absolute atomic E-state index is 11.3. The second-order valence-electron chi connectivity index (χ2n) is 4.41. The van der Waals surface area contributed by atoms with Crippen molar-refractivity contribution in [3.05, 3.63) is 0 Å². The van der Waals surface area contributed by atoms with Crippen LogP contribution in [0.4, 0.5) is 0 Å². The smallest absolute Gasteiger partial charge is 0.219 e. The normalized spacial score (nSPS) is 12.9. The average Bonchev–Trinajstić information content (AvgIpc) is 2.18. The molecule has 0 aliphatic rings. The third kappa shape index (κ3) is 8.43. The minimum Gasteiger partial charge on any atom is -0.393 e. The van der Waals surface area contributed by atoms with Crippen LogP contribution in [0.5, 0.6) is 0 Å². The maximum Gasteiger partial charge on any atom is 0.219 e. The fraction of sp³-hybridized carbons (Fsp3) is 0.917. The number of amides is 1. The Hall–Kier alpha value is -0.570. The molecule has 0 fully saturated rings. The molecule has 0 rings (SSSR count). The lowest BCUT2D eigenvalue weighted by atomic mass is 10.0. The summed E-state index contributed by atoms with van der Waals surface area (Å²) >= 11 is 0. The van der Waals surface area contributed by atoms with Gasteiger partial charge in [-0.05, 0) is 18.8 Å². The molecule has 0 spiro atoms. The molecule has 2 N–H and O–H groups in total. The lowest BCUT2D eigenvalue weighted by molar-refractivity contribution is -0.121. The first kappa shape index (κ1) is 14.4. The van der Waals surface area contributed by atoms with E-state index in [-0.39, 0.29) is 17.9 Å². The van der Waals surface area contributed by atoms with E-state index < -0.39 is 0 Å². The minimum absolute atomic E-state index is 0.111. The first-order chi connectivity index (χ1) is 7.07. The third-order valence-electron chi connectivity index (χ3n) is 2.54. The van der Waals surface area contributed by atoms with E-state index in [0.717, 1.165) is 19.3 Å². The van der Waals surface area contributed by atoms with Gasteiger partial charge in [0.25, 0.3) is 0 Å². The molecule has 0 aromatic carbocycles. The van der Waals surface area contributed by atoms with Crippen molar-refractivity contribution in [2.75, 3.05) is 6.54 Å². The zero-order valence-corrected chi connectivity index (χ0v) is 10.3. The lowest BCUT2D eigenvalue weighted by Gasteiger charge is -2.14. The van der Waals surface area contributed by atoms with Gasteiger partial charge in [0.05, 0.1) is 6.10 Å². The molecule has 1 amide bonds. The van der Waals surface area contributed by atoms with Crippen molar-refractivity contribution in [2.45, 2.75) is 59.0 Å². The number of hydrogen-bond donors (Lipinski definition) is 2. The van der Waals surface area contributed by atoms with Crippen molar-refractivity contribution < 1.29 is 9.90 Å². The van der Waals surface area contributed by atoms with Crippen LogP contribution < -0.4 is 5.32 Å². The van der Waals surface area contributed by atoms with E-state index in [9.17, 15) is 9.90 Å². The first-order valence-electron chi connectivity index (χ1n) is 6.02. The van der Waals surface area contributed by atoms with E-state index in [1.807, 2.05) is 13.8 Å². The molecule has 0 radical (unpaired) electrons. The molecule has 0 aliphatic carbocycles. The van der Waals surface area contributed by atoms with E-state index in [0.29, 0.717) is 19.4 Å². The van der Waals surface area contributed by atoms with Crippen molar-refractivity contribution in [3.63, 3.8) is 0 Å². The summed E-state index contributed by atoms with van der Waals surface area (Å²) < 4.78 is 0. The van der Waals surface area contributed by atoms with Gasteiger partial charge in [-0.1, -0.05) is 33.6 Å². The molecule has 0 aromatic heterocycles. The maximum atomic E-state index is 11.3. The van der Waals surface area contributed by atoms with E-state index >= 15 is 0 Å². The third-order valence-corrected chi connectivity index (χ3v) is 2.54. The molecule has 0 aromatic rings. The highest BCUT2D eigenvalue weighted by Crippen LogP contribution is 2.04. The van der Waals surface area contributed by atoms with Crippen LogP contribution in [0.3, 0.4) is 0 Å². The topological polar surface area (TPSA) is 49.3 Å². The summed E-state index contributed by atoms with van der Waals surface area (Å²) in [6.07, 6.45) is 4.18. The molecule has 1 unspecified atom stereocenters. The molecule has 15 heavy (non-hydrogen) atoms. The van der Waals surface area contributed by atoms with Crippen molar-refractivity contribution >= 4 is 5.91 Å². The standard InChI is InChI=1S/C12H25NO2/c1-4-5-6-7-12(15)13-9-8-11(14)10(2)3/h10-11,14H,4-9H2,1-3H3,(H,13,15). The number of hydrogen-bond acceptors (Lipinski definition) is 2. The molecule has 0 bridgehead atoms. The molecular formula is C12H25NO2. The van der Waals surface area contributed by atoms with Gasteiger partial charge in [-0.3, -0.25) is 4.79 Å². The molecule has 0 saturated carbocycles. The van der Waals surface area contributed by atoms with Crippen LogP contribution in [0.1, 0.15) is 52.9 Å². The van der Waals surface area contributed by atoms with Crippen LogP contribution >= 0.6 is 0 Å². The Morgan fingerprint density at radius 2 is 2.00 bits per heavy atom. The van der Waals surface area contributed by atoms with Crippen LogP contribution in [0.15, 0.2) is 0 Å². The largest absolute Gasteiger partial charge is 0.393 e. The van der Waals surface area contributed by atoms with Crippen LogP contribution in [0.2, 0.25) is 0 Å². The van der Waals surface area contributed by atoms with Gasteiger partial charge < -0.3 is 10.4 Å². The zero-order valence-electron chi connectivity index (χ0n) is 10.3. The summed E-state index contributed by atoms with van der Waals surface area (Å²) in [5, 5.41) is 12.3. The molecule has 0 saturated heterocycles. The van der Waals surface area contributed by atoms with E-state index in [4.69, 9.17) is 0 Å². The summed E-state index contributed by atoms with van der Waals surface area (Å²) in [7, 11) is 0. The number of aliphatic hydroxyl groups is 1. The van der Waals surface area contributed by atoms with Crippen LogP contribution in [-0.4, -0.2) is 23.7 Å². The SMILES string of the molecule is CCCCCC(=O)NCCC(O)C(C)C. The number of rotatable bonds is 8. The Bertz CT molecular complexity index is 169. The molecule has 1 atom stereocenters. The van der Waals surface area contributed by atoms with E-state index in [1.54, 1.807) is 0 Å². The van der Waals surface area contributed by atoms with Gasteiger partial charge >= 0.3 is 0 Å². The summed E-state index contributed by atoms with van der Waals surface area (Å²) in [6.45, 7) is 6.67. The van der Waals surface area contributed by atoms with Crippen LogP contribution in [0.25, 0.3) is 0 Å². The van der Waals surface area contributed by atoms with Crippen LogP contribution in [-0.2, 0) is 4.79 Å².